The van der Waals surface area contributed by atoms with Gasteiger partial charge in [-0.1, -0.05) is 36.7 Å². The van der Waals surface area contributed by atoms with Gasteiger partial charge in [-0.25, -0.2) is 0 Å². The molecule has 0 aromatic heterocycles. The van der Waals surface area contributed by atoms with E-state index in [0.29, 0.717) is 19.1 Å². The second kappa shape index (κ2) is 10.2. The third kappa shape index (κ3) is 7.27. The van der Waals surface area contributed by atoms with Crippen LogP contribution in [0.4, 0.5) is 0 Å². The highest BCUT2D eigenvalue weighted by molar-refractivity contribution is 9.10. The van der Waals surface area contributed by atoms with E-state index in [4.69, 9.17) is 9.47 Å². The van der Waals surface area contributed by atoms with E-state index < -0.39 is 0 Å². The Labute approximate surface area is 131 Å². The average Bonchev–Trinajstić information content (AvgIpc) is 2.41. The Kier molecular flexibility index (Phi) is 8.90. The van der Waals surface area contributed by atoms with Gasteiger partial charge in [-0.3, -0.25) is 0 Å². The molecule has 0 aliphatic rings. The van der Waals surface area contributed by atoms with Crippen molar-refractivity contribution in [2.75, 3.05) is 26.4 Å². The summed E-state index contributed by atoms with van der Waals surface area (Å²) in [5, 5.41) is 3.32. The van der Waals surface area contributed by atoms with Crippen molar-refractivity contribution in [1.82, 2.24) is 5.32 Å². The molecule has 1 aromatic rings. The lowest BCUT2D eigenvalue weighted by Gasteiger charge is -2.13. The molecule has 0 aliphatic heterocycles. The van der Waals surface area contributed by atoms with Crippen LogP contribution in [0, 0.1) is 5.92 Å². The molecule has 20 heavy (non-hydrogen) atoms. The van der Waals surface area contributed by atoms with Crippen molar-refractivity contribution in [2.24, 2.45) is 5.92 Å². The number of nitrogens with one attached hydrogen (secondary N) is 1. The Hall–Kier alpha value is -0.580. The molecule has 1 rings (SSSR count). The van der Waals surface area contributed by atoms with E-state index in [1.165, 1.54) is 5.56 Å². The molecular weight excluding hydrogens is 318 g/mol. The minimum absolute atomic E-state index is 0.596. The van der Waals surface area contributed by atoms with Gasteiger partial charge in [-0.2, -0.15) is 0 Å². The van der Waals surface area contributed by atoms with Gasteiger partial charge in [-0.05, 0) is 37.1 Å². The molecule has 4 heteroatoms. The molecule has 0 aliphatic carbocycles. The second-order valence-corrected chi connectivity index (χ2v) is 6.09. The van der Waals surface area contributed by atoms with Gasteiger partial charge in [0.15, 0.2) is 0 Å². The summed E-state index contributed by atoms with van der Waals surface area (Å²) < 4.78 is 12.4. The number of rotatable bonds is 10. The van der Waals surface area contributed by atoms with Crippen LogP contribution in [0.5, 0.6) is 5.75 Å². The van der Waals surface area contributed by atoms with Crippen LogP contribution in [-0.4, -0.2) is 26.4 Å². The molecule has 3 nitrogen and oxygen atoms in total. The van der Waals surface area contributed by atoms with E-state index >= 15 is 0 Å². The first-order valence-corrected chi connectivity index (χ1v) is 8.12. The Morgan fingerprint density at radius 2 is 2.00 bits per heavy atom. The van der Waals surface area contributed by atoms with Crippen LogP contribution in [0.15, 0.2) is 22.7 Å². The largest absolute Gasteiger partial charge is 0.491 e. The summed E-state index contributed by atoms with van der Waals surface area (Å²) in [4.78, 5) is 0. The summed E-state index contributed by atoms with van der Waals surface area (Å²) in [5.74, 6) is 1.62. The van der Waals surface area contributed by atoms with Crippen LogP contribution < -0.4 is 10.1 Å². The molecule has 1 aromatic carbocycles. The Balaban J connectivity index is 2.35. The fourth-order valence-corrected chi connectivity index (χ4v) is 2.13. The van der Waals surface area contributed by atoms with E-state index in [1.807, 2.05) is 12.1 Å². The molecule has 0 fully saturated rings. The zero-order chi connectivity index (χ0) is 14.8. The van der Waals surface area contributed by atoms with Gasteiger partial charge in [0.1, 0.15) is 12.4 Å². The Bertz CT molecular complexity index is 383. The number of benzene rings is 1. The number of halogens is 1. The minimum atomic E-state index is 0.596. The molecule has 0 saturated carbocycles. The van der Waals surface area contributed by atoms with E-state index in [9.17, 15) is 0 Å². The van der Waals surface area contributed by atoms with Crippen LogP contribution in [0.3, 0.4) is 0 Å². The van der Waals surface area contributed by atoms with Crippen LogP contribution in [-0.2, 0) is 11.3 Å². The van der Waals surface area contributed by atoms with Crippen molar-refractivity contribution in [3.8, 4) is 5.75 Å². The number of hydrogen-bond acceptors (Lipinski definition) is 3. The predicted molar refractivity (Wildman–Crippen MR) is 87.3 cm³/mol. The smallest absolute Gasteiger partial charge is 0.123 e. The molecule has 114 valence electrons. The predicted octanol–water partition coefficient (Wildman–Crippen LogP) is 4.00. The first-order valence-electron chi connectivity index (χ1n) is 7.33. The zero-order valence-corrected chi connectivity index (χ0v) is 14.3. The normalized spacial score (nSPS) is 11.1. The minimum Gasteiger partial charge on any atom is -0.491 e. The second-order valence-electron chi connectivity index (χ2n) is 5.18. The van der Waals surface area contributed by atoms with E-state index in [0.717, 1.165) is 36.3 Å². The number of hydrogen-bond donors (Lipinski definition) is 1. The first kappa shape index (κ1) is 17.5. The van der Waals surface area contributed by atoms with Crippen molar-refractivity contribution < 1.29 is 9.47 Å². The molecule has 0 unspecified atom stereocenters. The topological polar surface area (TPSA) is 30.5 Å². The highest BCUT2D eigenvalue weighted by atomic mass is 79.9. The summed E-state index contributed by atoms with van der Waals surface area (Å²) in [7, 11) is 0. The van der Waals surface area contributed by atoms with Crippen LogP contribution in [0.2, 0.25) is 0 Å². The van der Waals surface area contributed by atoms with E-state index in [2.05, 4.69) is 48.1 Å². The van der Waals surface area contributed by atoms with Crippen LogP contribution in [0.1, 0.15) is 32.8 Å². The van der Waals surface area contributed by atoms with Crippen LogP contribution in [0.25, 0.3) is 0 Å². The fourth-order valence-electron chi connectivity index (χ4n) is 1.72. The van der Waals surface area contributed by atoms with Crippen molar-refractivity contribution in [3.05, 3.63) is 28.2 Å². The van der Waals surface area contributed by atoms with E-state index in [1.54, 1.807) is 0 Å². The molecule has 0 heterocycles. The maximum absolute atomic E-state index is 5.81. The third-order valence-corrected chi connectivity index (χ3v) is 3.41. The molecule has 0 radical (unpaired) electrons. The van der Waals surface area contributed by atoms with Crippen molar-refractivity contribution >= 4 is 15.9 Å². The first-order chi connectivity index (χ1) is 9.63. The van der Waals surface area contributed by atoms with Gasteiger partial charge in [0.25, 0.3) is 0 Å². The number of ether oxygens (including phenoxy) is 2. The molecule has 0 spiro atoms. The van der Waals surface area contributed by atoms with Crippen LogP contribution >= 0.6 is 15.9 Å². The maximum Gasteiger partial charge on any atom is 0.123 e. The van der Waals surface area contributed by atoms with Gasteiger partial charge in [0.2, 0.25) is 0 Å². The lowest BCUT2D eigenvalue weighted by molar-refractivity contribution is 0.0922. The summed E-state index contributed by atoms with van der Waals surface area (Å²) in [6.45, 7) is 10.3. The van der Waals surface area contributed by atoms with Gasteiger partial charge in [0.05, 0.1) is 6.61 Å². The molecule has 0 bridgehead atoms. The lowest BCUT2D eigenvalue weighted by Crippen LogP contribution is -2.14. The summed E-state index contributed by atoms with van der Waals surface area (Å²) in [6, 6.07) is 6.10. The Morgan fingerprint density at radius 3 is 2.70 bits per heavy atom. The molecular formula is C16H26BrNO2. The third-order valence-electron chi connectivity index (χ3n) is 2.91. The summed E-state index contributed by atoms with van der Waals surface area (Å²) in [5.41, 5.74) is 1.17. The quantitative estimate of drug-likeness (QED) is 0.651. The maximum atomic E-state index is 5.81. The zero-order valence-electron chi connectivity index (χ0n) is 12.7. The average molecular weight is 344 g/mol. The SMILES string of the molecule is CCNCc1cc(Br)ccc1OCCOCCC(C)C. The highest BCUT2D eigenvalue weighted by Gasteiger charge is 2.04. The highest BCUT2D eigenvalue weighted by Crippen LogP contribution is 2.23. The lowest BCUT2D eigenvalue weighted by atomic mass is 10.1. The molecule has 0 saturated heterocycles. The summed E-state index contributed by atoms with van der Waals surface area (Å²) >= 11 is 3.50. The van der Waals surface area contributed by atoms with Gasteiger partial charge in [-0.15, -0.1) is 0 Å². The standard InChI is InChI=1S/C16H26BrNO2/c1-4-18-12-14-11-15(17)5-6-16(14)20-10-9-19-8-7-13(2)3/h5-6,11,13,18H,4,7-10,12H2,1-3H3. The molecule has 0 atom stereocenters. The monoisotopic (exact) mass is 343 g/mol. The Morgan fingerprint density at radius 1 is 1.20 bits per heavy atom. The van der Waals surface area contributed by atoms with Gasteiger partial charge in [0, 0.05) is 23.2 Å². The van der Waals surface area contributed by atoms with Gasteiger partial charge < -0.3 is 14.8 Å². The van der Waals surface area contributed by atoms with E-state index in [-0.39, 0.29) is 0 Å². The fraction of sp³-hybridized carbons (Fsp3) is 0.625. The van der Waals surface area contributed by atoms with Gasteiger partial charge >= 0.3 is 0 Å². The molecule has 1 N–H and O–H groups in total. The van der Waals surface area contributed by atoms with Crippen molar-refractivity contribution in [3.63, 3.8) is 0 Å². The van der Waals surface area contributed by atoms with Crippen molar-refractivity contribution in [1.29, 1.82) is 0 Å². The summed E-state index contributed by atoms with van der Waals surface area (Å²) in [6.07, 6.45) is 1.10. The van der Waals surface area contributed by atoms with Crippen molar-refractivity contribution in [2.45, 2.75) is 33.7 Å². The molecule has 0 amide bonds.